The highest BCUT2D eigenvalue weighted by Gasteiger charge is 2.10. The highest BCUT2D eigenvalue weighted by molar-refractivity contribution is 5.90. The minimum absolute atomic E-state index is 0.176. The molecule has 0 spiro atoms. The van der Waals surface area contributed by atoms with Crippen LogP contribution < -0.4 is 9.47 Å². The third-order valence-electron chi connectivity index (χ3n) is 4.37. The van der Waals surface area contributed by atoms with Crippen molar-refractivity contribution in [3.8, 4) is 17.6 Å². The van der Waals surface area contributed by atoms with Crippen LogP contribution in [0.4, 0.5) is 4.39 Å². The van der Waals surface area contributed by atoms with Crippen LogP contribution in [0.3, 0.4) is 0 Å². The molecule has 150 valence electrons. The molecule has 0 radical (unpaired) electrons. The van der Waals surface area contributed by atoms with Crippen molar-refractivity contribution in [2.75, 3.05) is 6.61 Å². The van der Waals surface area contributed by atoms with Crippen LogP contribution in [-0.4, -0.2) is 12.6 Å². The van der Waals surface area contributed by atoms with Gasteiger partial charge in [-0.25, -0.2) is 9.18 Å². The molecule has 0 saturated heterocycles. The standard InChI is InChI=1S/C25H20FNO3/c1-17-10-11-18(2)24(12-17)29-16-25(28)30-21-7-5-6-19(14-21)13-20(15-27)22-8-3-4-9-23(22)26/h3-14H,16H2,1-2H3/b20-13-. The van der Waals surface area contributed by atoms with E-state index in [1.54, 1.807) is 48.5 Å². The zero-order valence-electron chi connectivity index (χ0n) is 16.7. The first-order valence-corrected chi connectivity index (χ1v) is 9.34. The van der Waals surface area contributed by atoms with Gasteiger partial charge in [-0.3, -0.25) is 0 Å². The molecule has 3 aromatic carbocycles. The molecule has 0 saturated carbocycles. The predicted molar refractivity (Wildman–Crippen MR) is 113 cm³/mol. The minimum Gasteiger partial charge on any atom is -0.482 e. The normalized spacial score (nSPS) is 10.9. The first-order chi connectivity index (χ1) is 14.5. The molecule has 0 N–H and O–H groups in total. The van der Waals surface area contributed by atoms with E-state index in [4.69, 9.17) is 9.47 Å². The maximum absolute atomic E-state index is 14.0. The van der Waals surface area contributed by atoms with Crippen LogP contribution in [0, 0.1) is 31.0 Å². The van der Waals surface area contributed by atoms with Crippen molar-refractivity contribution in [3.05, 3.63) is 94.8 Å². The van der Waals surface area contributed by atoms with Gasteiger partial charge < -0.3 is 9.47 Å². The fourth-order valence-electron chi connectivity index (χ4n) is 2.84. The van der Waals surface area contributed by atoms with Gasteiger partial charge in [-0.05, 0) is 60.9 Å². The van der Waals surface area contributed by atoms with Crippen LogP contribution >= 0.6 is 0 Å². The maximum atomic E-state index is 14.0. The van der Waals surface area contributed by atoms with Gasteiger partial charge in [0.1, 0.15) is 17.3 Å². The molecule has 0 aromatic heterocycles. The SMILES string of the molecule is Cc1ccc(C)c(OCC(=O)Oc2cccc(/C=C(/C#N)c3ccccc3F)c2)c1. The number of hydrogen-bond donors (Lipinski definition) is 0. The Morgan fingerprint density at radius 3 is 2.63 bits per heavy atom. The van der Waals surface area contributed by atoms with Crippen LogP contribution in [0.1, 0.15) is 22.3 Å². The van der Waals surface area contributed by atoms with Crippen molar-refractivity contribution in [2.45, 2.75) is 13.8 Å². The molecule has 0 aliphatic carbocycles. The van der Waals surface area contributed by atoms with E-state index in [1.807, 2.05) is 38.1 Å². The smallest absolute Gasteiger partial charge is 0.349 e. The largest absolute Gasteiger partial charge is 0.482 e. The summed E-state index contributed by atoms with van der Waals surface area (Å²) in [6, 6.07) is 20.5. The number of carbonyl (C=O) groups excluding carboxylic acids is 1. The van der Waals surface area contributed by atoms with Crippen LogP contribution in [0.25, 0.3) is 11.6 Å². The summed E-state index contributed by atoms with van der Waals surface area (Å²) in [5.74, 6) is -0.0839. The summed E-state index contributed by atoms with van der Waals surface area (Å²) < 4.78 is 24.9. The van der Waals surface area contributed by atoms with E-state index in [0.29, 0.717) is 17.1 Å². The van der Waals surface area contributed by atoms with Gasteiger partial charge >= 0.3 is 5.97 Å². The predicted octanol–water partition coefficient (Wildman–Crippen LogP) is 5.49. The fraction of sp³-hybridized carbons (Fsp3) is 0.120. The summed E-state index contributed by atoms with van der Waals surface area (Å²) >= 11 is 0. The zero-order valence-corrected chi connectivity index (χ0v) is 16.7. The molecule has 4 nitrogen and oxygen atoms in total. The minimum atomic E-state index is -0.549. The molecule has 3 aromatic rings. The van der Waals surface area contributed by atoms with Crippen molar-refractivity contribution in [1.82, 2.24) is 0 Å². The van der Waals surface area contributed by atoms with Gasteiger partial charge in [0.2, 0.25) is 0 Å². The number of esters is 1. The van der Waals surface area contributed by atoms with Gasteiger partial charge in [0.15, 0.2) is 6.61 Å². The number of ether oxygens (including phenoxy) is 2. The molecule has 5 heteroatoms. The Morgan fingerprint density at radius 1 is 1.07 bits per heavy atom. The molecular formula is C25H20FNO3. The zero-order chi connectivity index (χ0) is 21.5. The fourth-order valence-corrected chi connectivity index (χ4v) is 2.84. The summed E-state index contributed by atoms with van der Waals surface area (Å²) in [4.78, 5) is 12.2. The molecule has 0 unspecified atom stereocenters. The molecule has 0 atom stereocenters. The van der Waals surface area contributed by atoms with Crippen molar-refractivity contribution in [1.29, 1.82) is 5.26 Å². The van der Waals surface area contributed by atoms with Crippen LogP contribution in [0.2, 0.25) is 0 Å². The van der Waals surface area contributed by atoms with Crippen molar-refractivity contribution < 1.29 is 18.7 Å². The van der Waals surface area contributed by atoms with E-state index < -0.39 is 11.8 Å². The lowest BCUT2D eigenvalue weighted by Crippen LogP contribution is -2.18. The number of nitrogens with zero attached hydrogens (tertiary/aromatic N) is 1. The van der Waals surface area contributed by atoms with Crippen molar-refractivity contribution >= 4 is 17.6 Å². The second kappa shape index (κ2) is 9.53. The highest BCUT2D eigenvalue weighted by Crippen LogP contribution is 2.23. The van der Waals surface area contributed by atoms with Gasteiger partial charge in [-0.2, -0.15) is 5.26 Å². The first-order valence-electron chi connectivity index (χ1n) is 9.34. The van der Waals surface area contributed by atoms with Crippen molar-refractivity contribution in [3.63, 3.8) is 0 Å². The van der Waals surface area contributed by atoms with Crippen LogP contribution in [0.15, 0.2) is 66.7 Å². The quantitative estimate of drug-likeness (QED) is 0.237. The molecule has 0 bridgehead atoms. The van der Waals surface area contributed by atoms with E-state index in [9.17, 15) is 14.4 Å². The Labute approximate surface area is 174 Å². The molecule has 0 fully saturated rings. The van der Waals surface area contributed by atoms with Crippen LogP contribution in [0.5, 0.6) is 11.5 Å². The van der Waals surface area contributed by atoms with E-state index in [0.717, 1.165) is 11.1 Å². The molecule has 0 aliphatic rings. The second-order valence-electron chi connectivity index (χ2n) is 6.75. The van der Waals surface area contributed by atoms with Gasteiger partial charge in [-0.15, -0.1) is 0 Å². The summed E-state index contributed by atoms with van der Waals surface area (Å²) in [6.45, 7) is 3.61. The second-order valence-corrected chi connectivity index (χ2v) is 6.75. The maximum Gasteiger partial charge on any atom is 0.349 e. The van der Waals surface area contributed by atoms with E-state index in [-0.39, 0.29) is 17.7 Å². The number of hydrogen-bond acceptors (Lipinski definition) is 4. The number of nitriles is 1. The number of rotatable bonds is 6. The lowest BCUT2D eigenvalue weighted by molar-refractivity contribution is -0.136. The molecule has 30 heavy (non-hydrogen) atoms. The van der Waals surface area contributed by atoms with Crippen LogP contribution in [-0.2, 0) is 4.79 Å². The molecule has 3 rings (SSSR count). The average molecular weight is 401 g/mol. The average Bonchev–Trinajstić information content (AvgIpc) is 2.73. The number of halogens is 1. The van der Waals surface area contributed by atoms with Gasteiger partial charge in [0.25, 0.3) is 0 Å². The Balaban J connectivity index is 1.71. The summed E-state index contributed by atoms with van der Waals surface area (Å²) in [6.07, 6.45) is 1.54. The topological polar surface area (TPSA) is 59.3 Å². The number of carbonyl (C=O) groups is 1. The summed E-state index contributed by atoms with van der Waals surface area (Å²) in [5, 5.41) is 9.41. The summed E-state index contributed by atoms with van der Waals surface area (Å²) in [7, 11) is 0. The van der Waals surface area contributed by atoms with Gasteiger partial charge in [0, 0.05) is 5.56 Å². The third kappa shape index (κ3) is 5.33. The van der Waals surface area contributed by atoms with Gasteiger partial charge in [-0.1, -0.05) is 42.5 Å². The van der Waals surface area contributed by atoms with E-state index in [2.05, 4.69) is 0 Å². The Bertz CT molecular complexity index is 1150. The third-order valence-corrected chi connectivity index (χ3v) is 4.37. The Morgan fingerprint density at radius 2 is 1.87 bits per heavy atom. The highest BCUT2D eigenvalue weighted by atomic mass is 19.1. The lowest BCUT2D eigenvalue weighted by atomic mass is 10.0. The van der Waals surface area contributed by atoms with E-state index in [1.165, 1.54) is 6.07 Å². The Hall–Kier alpha value is -3.91. The lowest BCUT2D eigenvalue weighted by Gasteiger charge is -2.10. The number of aryl methyl sites for hydroxylation is 2. The molecule has 0 heterocycles. The molecule has 0 aliphatic heterocycles. The van der Waals surface area contributed by atoms with Crippen molar-refractivity contribution in [2.24, 2.45) is 0 Å². The van der Waals surface area contributed by atoms with Gasteiger partial charge in [0.05, 0.1) is 11.6 Å². The monoisotopic (exact) mass is 401 g/mol. The van der Waals surface area contributed by atoms with E-state index >= 15 is 0 Å². The first kappa shape index (κ1) is 20.8. The summed E-state index contributed by atoms with van der Waals surface area (Å²) in [5.41, 5.74) is 2.96. The number of allylic oxidation sites excluding steroid dienone is 1. The Kier molecular flexibility index (Phi) is 6.61. The number of benzene rings is 3. The molecule has 0 amide bonds. The molecular weight excluding hydrogens is 381 g/mol.